The Kier molecular flexibility index (Phi) is 4.95. The summed E-state index contributed by atoms with van der Waals surface area (Å²) in [4.78, 5) is 23.1. The number of para-hydroxylation sites is 1. The Morgan fingerprint density at radius 1 is 1.04 bits per heavy atom. The van der Waals surface area contributed by atoms with Gasteiger partial charge >= 0.3 is 10.1 Å². The second-order valence-electron chi connectivity index (χ2n) is 4.89. The van der Waals surface area contributed by atoms with Gasteiger partial charge < -0.3 is 4.18 Å². The molecule has 0 aliphatic heterocycles. The molecule has 0 saturated heterocycles. The Balaban J connectivity index is 2.42. The van der Waals surface area contributed by atoms with Crippen molar-refractivity contribution in [2.24, 2.45) is 0 Å². The van der Waals surface area contributed by atoms with E-state index in [2.05, 4.69) is 0 Å². The number of ketones is 2. The quantitative estimate of drug-likeness (QED) is 0.599. The number of carbonyl (C=O) groups excluding carboxylic acids is 2. The van der Waals surface area contributed by atoms with E-state index in [9.17, 15) is 18.0 Å². The molecule has 5 nitrogen and oxygen atoms in total. The maximum Gasteiger partial charge on any atom is 0.339 e. The lowest BCUT2D eigenvalue weighted by Gasteiger charge is -2.11. The summed E-state index contributed by atoms with van der Waals surface area (Å²) in [6.07, 6.45) is 0.236. The third-order valence-corrected chi connectivity index (χ3v) is 4.47. The van der Waals surface area contributed by atoms with Crippen LogP contribution in [0.1, 0.15) is 41.0 Å². The minimum absolute atomic E-state index is 0.0208. The van der Waals surface area contributed by atoms with Crippen molar-refractivity contribution in [3.63, 3.8) is 0 Å². The number of Topliss-reactive ketones (excluding diaryl/α,β-unsaturated/α-hetero) is 2. The van der Waals surface area contributed by atoms with Crippen molar-refractivity contribution in [2.75, 3.05) is 0 Å². The van der Waals surface area contributed by atoms with Gasteiger partial charge in [0.2, 0.25) is 0 Å². The SMILES string of the molecule is CCC(=O)c1ccccc1OS(=O)(=O)c1cccc(C(C)=O)c1. The molecule has 0 bridgehead atoms. The molecule has 0 fully saturated rings. The minimum Gasteiger partial charge on any atom is -0.378 e. The topological polar surface area (TPSA) is 77.5 Å². The zero-order valence-electron chi connectivity index (χ0n) is 12.8. The fraction of sp³-hybridized carbons (Fsp3) is 0.176. The molecule has 0 spiro atoms. The van der Waals surface area contributed by atoms with Crippen LogP contribution in [-0.4, -0.2) is 20.0 Å². The maximum atomic E-state index is 12.4. The number of hydrogen-bond donors (Lipinski definition) is 0. The summed E-state index contributed by atoms with van der Waals surface area (Å²) in [6, 6.07) is 11.7. The normalized spacial score (nSPS) is 11.0. The van der Waals surface area contributed by atoms with Gasteiger partial charge in [0, 0.05) is 12.0 Å². The van der Waals surface area contributed by atoms with E-state index in [1.54, 1.807) is 19.1 Å². The lowest BCUT2D eigenvalue weighted by atomic mass is 10.1. The van der Waals surface area contributed by atoms with Crippen LogP contribution in [0.2, 0.25) is 0 Å². The summed E-state index contributed by atoms with van der Waals surface area (Å²) in [7, 11) is -4.14. The zero-order valence-corrected chi connectivity index (χ0v) is 13.6. The summed E-state index contributed by atoms with van der Waals surface area (Å²) >= 11 is 0. The Morgan fingerprint density at radius 3 is 2.39 bits per heavy atom. The van der Waals surface area contributed by atoms with Crippen LogP contribution in [0.15, 0.2) is 53.4 Å². The van der Waals surface area contributed by atoms with Crippen molar-refractivity contribution in [2.45, 2.75) is 25.2 Å². The molecule has 0 atom stereocenters. The van der Waals surface area contributed by atoms with Gasteiger partial charge in [-0.1, -0.05) is 31.2 Å². The average Bonchev–Trinajstić information content (AvgIpc) is 2.54. The number of rotatable bonds is 6. The molecule has 0 unspecified atom stereocenters. The molecule has 0 heterocycles. The van der Waals surface area contributed by atoms with Crippen LogP contribution in [0.5, 0.6) is 5.75 Å². The van der Waals surface area contributed by atoms with Crippen LogP contribution >= 0.6 is 0 Å². The van der Waals surface area contributed by atoms with Crippen molar-refractivity contribution in [3.8, 4) is 5.75 Å². The average molecular weight is 332 g/mol. The van der Waals surface area contributed by atoms with E-state index in [0.717, 1.165) is 0 Å². The number of benzene rings is 2. The first-order valence-electron chi connectivity index (χ1n) is 7.03. The van der Waals surface area contributed by atoms with Gasteiger partial charge in [0.05, 0.1) is 5.56 Å². The molecule has 0 aromatic heterocycles. The molecule has 0 N–H and O–H groups in total. The summed E-state index contributed by atoms with van der Waals surface area (Å²) in [5.41, 5.74) is 0.480. The highest BCUT2D eigenvalue weighted by Crippen LogP contribution is 2.24. The first kappa shape index (κ1) is 16.9. The van der Waals surface area contributed by atoms with Crippen molar-refractivity contribution >= 4 is 21.7 Å². The van der Waals surface area contributed by atoms with Crippen LogP contribution in [0, 0.1) is 0 Å². The predicted molar refractivity (Wildman–Crippen MR) is 85.3 cm³/mol. The van der Waals surface area contributed by atoms with Gasteiger partial charge in [-0.25, -0.2) is 0 Å². The van der Waals surface area contributed by atoms with Gasteiger partial charge in [0.1, 0.15) is 4.90 Å². The molecule has 0 radical (unpaired) electrons. The van der Waals surface area contributed by atoms with Gasteiger partial charge in [0.25, 0.3) is 0 Å². The Bertz CT molecular complexity index is 853. The van der Waals surface area contributed by atoms with Gasteiger partial charge in [-0.2, -0.15) is 8.42 Å². The number of hydrogen-bond acceptors (Lipinski definition) is 5. The van der Waals surface area contributed by atoms with Crippen LogP contribution in [-0.2, 0) is 10.1 Å². The second-order valence-corrected chi connectivity index (χ2v) is 6.44. The summed E-state index contributed by atoms with van der Waals surface area (Å²) in [5, 5.41) is 0. The van der Waals surface area contributed by atoms with E-state index in [1.165, 1.54) is 43.3 Å². The maximum absolute atomic E-state index is 12.4. The summed E-state index contributed by atoms with van der Waals surface area (Å²) < 4.78 is 29.9. The fourth-order valence-electron chi connectivity index (χ4n) is 2.00. The Morgan fingerprint density at radius 2 is 1.74 bits per heavy atom. The van der Waals surface area contributed by atoms with Gasteiger partial charge in [-0.3, -0.25) is 9.59 Å². The van der Waals surface area contributed by atoms with Crippen LogP contribution < -0.4 is 4.18 Å². The minimum atomic E-state index is -4.14. The lowest BCUT2D eigenvalue weighted by Crippen LogP contribution is -2.13. The van der Waals surface area contributed by atoms with E-state index in [-0.39, 0.29) is 39.8 Å². The van der Waals surface area contributed by atoms with E-state index < -0.39 is 10.1 Å². The highest BCUT2D eigenvalue weighted by molar-refractivity contribution is 7.87. The van der Waals surface area contributed by atoms with E-state index in [1.807, 2.05) is 0 Å². The van der Waals surface area contributed by atoms with E-state index in [4.69, 9.17) is 4.18 Å². The standard InChI is InChI=1S/C17H16O5S/c1-3-16(19)15-9-4-5-10-17(15)22-23(20,21)14-8-6-7-13(11-14)12(2)18/h4-11H,3H2,1-2H3. The van der Waals surface area contributed by atoms with Crippen molar-refractivity contribution in [1.29, 1.82) is 0 Å². The van der Waals surface area contributed by atoms with Crippen molar-refractivity contribution in [1.82, 2.24) is 0 Å². The Hall–Kier alpha value is -2.47. The smallest absolute Gasteiger partial charge is 0.339 e. The third kappa shape index (κ3) is 3.84. The van der Waals surface area contributed by atoms with Gasteiger partial charge in [-0.15, -0.1) is 0 Å². The fourth-order valence-corrected chi connectivity index (χ4v) is 2.99. The van der Waals surface area contributed by atoms with Crippen molar-refractivity contribution in [3.05, 3.63) is 59.7 Å². The first-order chi connectivity index (χ1) is 10.8. The second kappa shape index (κ2) is 6.75. The molecular weight excluding hydrogens is 316 g/mol. The lowest BCUT2D eigenvalue weighted by molar-refractivity contribution is 0.0984. The molecule has 0 aliphatic rings. The van der Waals surface area contributed by atoms with Crippen molar-refractivity contribution < 1.29 is 22.2 Å². The van der Waals surface area contributed by atoms with Gasteiger partial charge in [-0.05, 0) is 31.2 Å². The van der Waals surface area contributed by atoms with Crippen LogP contribution in [0.4, 0.5) is 0 Å². The van der Waals surface area contributed by atoms with E-state index >= 15 is 0 Å². The first-order valence-corrected chi connectivity index (χ1v) is 8.43. The molecular formula is C17H16O5S. The molecule has 2 aromatic carbocycles. The summed E-state index contributed by atoms with van der Waals surface area (Å²) in [6.45, 7) is 3.03. The predicted octanol–water partition coefficient (Wildman–Crippen LogP) is 3.25. The zero-order chi connectivity index (χ0) is 17.0. The van der Waals surface area contributed by atoms with Gasteiger partial charge in [0.15, 0.2) is 17.3 Å². The van der Waals surface area contributed by atoms with Crippen LogP contribution in [0.25, 0.3) is 0 Å². The highest BCUT2D eigenvalue weighted by Gasteiger charge is 2.21. The monoisotopic (exact) mass is 332 g/mol. The van der Waals surface area contributed by atoms with E-state index in [0.29, 0.717) is 0 Å². The Labute approximate surface area is 135 Å². The molecule has 0 saturated carbocycles. The molecule has 0 amide bonds. The molecule has 120 valence electrons. The molecule has 2 rings (SSSR count). The molecule has 0 aliphatic carbocycles. The molecule has 2 aromatic rings. The summed E-state index contributed by atoms with van der Waals surface area (Å²) in [5.74, 6) is -0.482. The van der Waals surface area contributed by atoms with Crippen LogP contribution in [0.3, 0.4) is 0 Å². The number of carbonyl (C=O) groups is 2. The highest BCUT2D eigenvalue weighted by atomic mass is 32.2. The largest absolute Gasteiger partial charge is 0.378 e. The third-order valence-electron chi connectivity index (χ3n) is 3.24. The molecule has 6 heteroatoms. The molecule has 23 heavy (non-hydrogen) atoms.